The van der Waals surface area contributed by atoms with Gasteiger partial charge in [0.2, 0.25) is 0 Å². The molecule has 2 rings (SSSR count). The van der Waals surface area contributed by atoms with E-state index in [1.165, 1.54) is 0 Å². The molecule has 2 atom stereocenters. The second kappa shape index (κ2) is 6.91. The number of likely N-dealkylation sites (N-methyl/N-ethyl adjacent to an activating group) is 2. The normalized spacial score (nSPS) is 20.9. The third kappa shape index (κ3) is 4.19. The molecule has 2 N–H and O–H groups in total. The minimum absolute atomic E-state index is 0.0832. The molecule has 0 spiro atoms. The zero-order valence-electron chi connectivity index (χ0n) is 13.0. The Morgan fingerprint density at radius 3 is 2.67 bits per heavy atom. The minimum Gasteiger partial charge on any atom is -0.389 e. The van der Waals surface area contributed by atoms with E-state index in [0.717, 1.165) is 37.2 Å². The van der Waals surface area contributed by atoms with Crippen molar-refractivity contribution in [2.45, 2.75) is 31.9 Å². The minimum atomic E-state index is -0.491. The summed E-state index contributed by atoms with van der Waals surface area (Å²) >= 11 is 0. The number of aliphatic hydroxyl groups excluding tert-OH is 1. The smallest absolute Gasteiger partial charge is 0.321 e. The van der Waals surface area contributed by atoms with Gasteiger partial charge in [-0.15, -0.1) is 0 Å². The summed E-state index contributed by atoms with van der Waals surface area (Å²) in [7, 11) is 3.94. The van der Waals surface area contributed by atoms with Crippen LogP contribution in [-0.4, -0.2) is 54.2 Å². The molecule has 5 heteroatoms. The van der Waals surface area contributed by atoms with Gasteiger partial charge in [0.15, 0.2) is 0 Å². The molecule has 0 radical (unpaired) electrons. The van der Waals surface area contributed by atoms with Crippen molar-refractivity contribution < 1.29 is 9.90 Å². The molecule has 1 fully saturated rings. The van der Waals surface area contributed by atoms with Crippen molar-refractivity contribution in [2.75, 3.05) is 32.5 Å². The Bertz CT molecular complexity index is 473. The van der Waals surface area contributed by atoms with Crippen LogP contribution in [0.2, 0.25) is 0 Å². The Kier molecular flexibility index (Phi) is 5.20. The van der Waals surface area contributed by atoms with E-state index < -0.39 is 6.10 Å². The first-order valence-electron chi connectivity index (χ1n) is 7.47. The van der Waals surface area contributed by atoms with Crippen LogP contribution in [0.15, 0.2) is 24.3 Å². The molecule has 1 aliphatic heterocycles. The van der Waals surface area contributed by atoms with Crippen molar-refractivity contribution in [3.05, 3.63) is 29.8 Å². The zero-order chi connectivity index (χ0) is 15.4. The maximum absolute atomic E-state index is 12.3. The molecule has 21 heavy (non-hydrogen) atoms. The van der Waals surface area contributed by atoms with Crippen LogP contribution in [0.4, 0.5) is 10.5 Å². The van der Waals surface area contributed by atoms with E-state index in [4.69, 9.17) is 0 Å². The van der Waals surface area contributed by atoms with E-state index >= 15 is 0 Å². The van der Waals surface area contributed by atoms with Crippen LogP contribution in [0.3, 0.4) is 0 Å². The highest BCUT2D eigenvalue weighted by Gasteiger charge is 2.24. The molecule has 0 saturated carbocycles. The van der Waals surface area contributed by atoms with Gasteiger partial charge in [0.25, 0.3) is 0 Å². The zero-order valence-corrected chi connectivity index (χ0v) is 13.0. The number of hydrogen-bond acceptors (Lipinski definition) is 3. The molecular formula is C16H25N3O2. The number of piperidine rings is 1. The monoisotopic (exact) mass is 291 g/mol. The first-order chi connectivity index (χ1) is 9.97. The van der Waals surface area contributed by atoms with E-state index in [0.29, 0.717) is 0 Å². The number of carbonyl (C=O) groups excluding carboxylic acids is 1. The molecule has 2 unspecified atom stereocenters. The molecule has 2 amide bonds. The summed E-state index contributed by atoms with van der Waals surface area (Å²) in [5, 5.41) is 12.4. The third-order valence-corrected chi connectivity index (χ3v) is 4.11. The number of nitrogens with zero attached hydrogens (tertiary/aromatic N) is 2. The maximum atomic E-state index is 12.3. The summed E-state index contributed by atoms with van der Waals surface area (Å²) < 4.78 is 0. The van der Waals surface area contributed by atoms with Crippen LogP contribution in [0.25, 0.3) is 0 Å². The number of carbonyl (C=O) groups is 1. The Morgan fingerprint density at radius 2 is 2.10 bits per heavy atom. The van der Waals surface area contributed by atoms with Crippen molar-refractivity contribution in [3.8, 4) is 0 Å². The highest BCUT2D eigenvalue weighted by atomic mass is 16.3. The molecule has 5 nitrogen and oxygen atoms in total. The number of urea groups is 1. The highest BCUT2D eigenvalue weighted by Crippen LogP contribution is 2.17. The summed E-state index contributed by atoms with van der Waals surface area (Å²) in [6, 6.07) is 7.48. The van der Waals surface area contributed by atoms with E-state index in [2.05, 4.69) is 17.3 Å². The second-order valence-electron chi connectivity index (χ2n) is 5.90. The third-order valence-electron chi connectivity index (χ3n) is 4.11. The van der Waals surface area contributed by atoms with Crippen molar-refractivity contribution in [1.82, 2.24) is 9.80 Å². The largest absolute Gasteiger partial charge is 0.389 e. The molecule has 1 aromatic carbocycles. The Hall–Kier alpha value is -1.59. The van der Waals surface area contributed by atoms with Gasteiger partial charge in [-0.05, 0) is 51.1 Å². The molecule has 1 aromatic rings. The Morgan fingerprint density at radius 1 is 1.43 bits per heavy atom. The van der Waals surface area contributed by atoms with Gasteiger partial charge >= 0.3 is 6.03 Å². The van der Waals surface area contributed by atoms with E-state index in [9.17, 15) is 9.90 Å². The van der Waals surface area contributed by atoms with Crippen LogP contribution < -0.4 is 5.32 Å². The second-order valence-corrected chi connectivity index (χ2v) is 5.90. The van der Waals surface area contributed by atoms with Crippen LogP contribution >= 0.6 is 0 Å². The van der Waals surface area contributed by atoms with Gasteiger partial charge in [0.05, 0.1) is 6.10 Å². The highest BCUT2D eigenvalue weighted by molar-refractivity contribution is 5.89. The number of hydrogen-bond donors (Lipinski definition) is 2. The fourth-order valence-corrected chi connectivity index (χ4v) is 2.68. The predicted molar refractivity (Wildman–Crippen MR) is 84.4 cm³/mol. The van der Waals surface area contributed by atoms with Crippen molar-refractivity contribution in [3.63, 3.8) is 0 Å². The summed E-state index contributed by atoms with van der Waals surface area (Å²) in [6.07, 6.45) is 1.69. The molecule has 1 aliphatic rings. The summed E-state index contributed by atoms with van der Waals surface area (Å²) in [5.74, 6) is 0. The number of aliphatic hydroxyl groups is 1. The summed E-state index contributed by atoms with van der Waals surface area (Å²) in [4.78, 5) is 16.3. The first-order valence-corrected chi connectivity index (χ1v) is 7.47. The number of likely N-dealkylation sites (tertiary alicyclic amines) is 1. The number of rotatable bonds is 3. The van der Waals surface area contributed by atoms with Gasteiger partial charge in [-0.3, -0.25) is 0 Å². The number of nitrogens with one attached hydrogen (secondary N) is 1. The lowest BCUT2D eigenvalue weighted by atomic mass is 10.1. The summed E-state index contributed by atoms with van der Waals surface area (Å²) in [6.45, 7) is 3.75. The van der Waals surface area contributed by atoms with Gasteiger partial charge in [0, 0.05) is 25.3 Å². The average Bonchev–Trinajstić information content (AvgIpc) is 2.47. The molecule has 1 saturated heterocycles. The van der Waals surface area contributed by atoms with Gasteiger partial charge in [-0.2, -0.15) is 0 Å². The molecule has 1 heterocycles. The maximum Gasteiger partial charge on any atom is 0.321 e. The standard InChI is InChI=1S/C16H25N3O2/c1-12(20)13-6-8-14(9-7-13)17-16(21)19(3)15-5-4-10-18(2)11-15/h6-9,12,15,20H,4-5,10-11H2,1-3H3,(H,17,21). The number of anilines is 1. The molecular weight excluding hydrogens is 266 g/mol. The fraction of sp³-hybridized carbons (Fsp3) is 0.562. The van der Waals surface area contributed by atoms with Crippen LogP contribution in [0, 0.1) is 0 Å². The predicted octanol–water partition coefficient (Wildman–Crippen LogP) is 2.30. The topological polar surface area (TPSA) is 55.8 Å². The quantitative estimate of drug-likeness (QED) is 0.898. The molecule has 0 aliphatic carbocycles. The molecule has 0 bridgehead atoms. The van der Waals surface area contributed by atoms with Gasteiger partial charge in [0.1, 0.15) is 0 Å². The molecule has 116 valence electrons. The lowest BCUT2D eigenvalue weighted by Gasteiger charge is -2.35. The van der Waals surface area contributed by atoms with Crippen LogP contribution in [0.1, 0.15) is 31.4 Å². The van der Waals surface area contributed by atoms with E-state index in [1.807, 2.05) is 31.3 Å². The fourth-order valence-electron chi connectivity index (χ4n) is 2.68. The number of benzene rings is 1. The lowest BCUT2D eigenvalue weighted by Crippen LogP contribution is -2.48. The van der Waals surface area contributed by atoms with E-state index in [1.54, 1.807) is 11.8 Å². The summed E-state index contributed by atoms with van der Waals surface area (Å²) in [5.41, 5.74) is 1.59. The van der Waals surface area contributed by atoms with Crippen molar-refractivity contribution >= 4 is 11.7 Å². The lowest BCUT2D eigenvalue weighted by molar-refractivity contribution is 0.148. The van der Waals surface area contributed by atoms with Gasteiger partial charge < -0.3 is 20.2 Å². The van der Waals surface area contributed by atoms with Gasteiger partial charge in [-0.1, -0.05) is 12.1 Å². The first kappa shape index (κ1) is 15.8. The molecule has 0 aromatic heterocycles. The Balaban J connectivity index is 1.93. The van der Waals surface area contributed by atoms with Gasteiger partial charge in [-0.25, -0.2) is 4.79 Å². The SMILES string of the molecule is CC(O)c1ccc(NC(=O)N(C)C2CCCN(C)C2)cc1. The van der Waals surface area contributed by atoms with E-state index in [-0.39, 0.29) is 12.1 Å². The van der Waals surface area contributed by atoms with Crippen molar-refractivity contribution in [1.29, 1.82) is 0 Å². The number of amides is 2. The van der Waals surface area contributed by atoms with Crippen molar-refractivity contribution in [2.24, 2.45) is 0 Å². The average molecular weight is 291 g/mol. The van der Waals surface area contributed by atoms with Crippen LogP contribution in [-0.2, 0) is 0 Å². The Labute approximate surface area is 126 Å². The van der Waals surface area contributed by atoms with Crippen LogP contribution in [0.5, 0.6) is 0 Å².